The fourth-order valence-electron chi connectivity index (χ4n) is 2.07. The van der Waals surface area contributed by atoms with Crippen LogP contribution in [-0.2, 0) is 4.74 Å². The monoisotopic (exact) mass is 227 g/mol. The van der Waals surface area contributed by atoms with Crippen molar-refractivity contribution in [3.8, 4) is 0 Å². The Bertz CT molecular complexity index is 272. The van der Waals surface area contributed by atoms with Gasteiger partial charge < -0.3 is 10.1 Å². The number of rotatable bonds is 4. The van der Waals surface area contributed by atoms with Crippen LogP contribution < -0.4 is 5.32 Å². The van der Waals surface area contributed by atoms with Gasteiger partial charge in [-0.05, 0) is 19.4 Å². The first-order valence-corrected chi connectivity index (χ1v) is 6.23. The first-order valence-electron chi connectivity index (χ1n) is 5.50. The van der Waals surface area contributed by atoms with Gasteiger partial charge in [-0.3, -0.25) is 0 Å². The zero-order valence-electron chi connectivity index (χ0n) is 8.98. The zero-order chi connectivity index (χ0) is 10.5. The maximum absolute atomic E-state index is 5.52. The number of aromatic nitrogens is 2. The molecule has 1 aliphatic rings. The van der Waals surface area contributed by atoms with E-state index in [0.29, 0.717) is 12.0 Å². The normalized spacial score (nSPS) is 23.9. The van der Waals surface area contributed by atoms with Gasteiger partial charge >= 0.3 is 0 Å². The predicted octanol–water partition coefficient (Wildman–Crippen LogP) is 1.62. The molecule has 4 nitrogen and oxygen atoms in total. The summed E-state index contributed by atoms with van der Waals surface area (Å²) in [6.07, 6.45) is 4.24. The van der Waals surface area contributed by atoms with E-state index in [1.165, 1.54) is 18.1 Å². The summed E-state index contributed by atoms with van der Waals surface area (Å²) in [5, 5.41) is 3.48. The Balaban J connectivity index is 2.04. The highest BCUT2D eigenvalue weighted by molar-refractivity contribution is 6.99. The molecule has 1 fully saturated rings. The number of nitrogens with zero attached hydrogens (tertiary/aromatic N) is 2. The molecule has 15 heavy (non-hydrogen) atoms. The molecule has 84 valence electrons. The van der Waals surface area contributed by atoms with E-state index in [0.717, 1.165) is 31.9 Å². The molecule has 0 bridgehead atoms. The molecule has 1 aromatic rings. The first-order chi connectivity index (χ1) is 7.42. The summed E-state index contributed by atoms with van der Waals surface area (Å²) in [6, 6.07) is 0.314. The lowest BCUT2D eigenvalue weighted by atomic mass is 9.92. The Labute approximate surface area is 94.4 Å². The van der Waals surface area contributed by atoms with Crippen LogP contribution in [0, 0.1) is 5.92 Å². The minimum atomic E-state index is 0.314. The second-order valence-corrected chi connectivity index (χ2v) is 4.40. The van der Waals surface area contributed by atoms with Crippen molar-refractivity contribution in [1.82, 2.24) is 14.1 Å². The van der Waals surface area contributed by atoms with Crippen LogP contribution in [0.4, 0.5) is 0 Å². The van der Waals surface area contributed by atoms with Crippen LogP contribution in [-0.4, -0.2) is 28.5 Å². The van der Waals surface area contributed by atoms with E-state index in [1.54, 1.807) is 0 Å². The predicted molar refractivity (Wildman–Crippen MR) is 59.9 cm³/mol. The van der Waals surface area contributed by atoms with E-state index in [4.69, 9.17) is 4.74 Å². The van der Waals surface area contributed by atoms with Crippen molar-refractivity contribution < 1.29 is 4.74 Å². The lowest BCUT2D eigenvalue weighted by molar-refractivity contribution is 0.0387. The van der Waals surface area contributed by atoms with Gasteiger partial charge in [-0.2, -0.15) is 8.75 Å². The average Bonchev–Trinajstić information content (AvgIpc) is 2.80. The number of hydrogen-bond acceptors (Lipinski definition) is 5. The molecule has 2 atom stereocenters. The standard InChI is InChI=1S/C10H17N3OS/c1-2-11-10(9-6-12-15-13-9)8-4-3-5-14-7-8/h6,8,10-11H,2-5,7H2,1H3. The smallest absolute Gasteiger partial charge is 0.0915 e. The van der Waals surface area contributed by atoms with Gasteiger partial charge in [-0.25, -0.2) is 0 Å². The van der Waals surface area contributed by atoms with Gasteiger partial charge in [0.1, 0.15) is 0 Å². The molecule has 1 aliphatic heterocycles. The summed E-state index contributed by atoms with van der Waals surface area (Å²) in [5.74, 6) is 0.544. The van der Waals surface area contributed by atoms with E-state index in [1.807, 2.05) is 6.20 Å². The van der Waals surface area contributed by atoms with Crippen LogP contribution in [0.15, 0.2) is 6.20 Å². The third-order valence-corrected chi connectivity index (χ3v) is 3.28. The molecular formula is C10H17N3OS. The second-order valence-electron chi connectivity index (χ2n) is 3.84. The Hall–Kier alpha value is -0.520. The highest BCUT2D eigenvalue weighted by atomic mass is 32.1. The molecule has 5 heteroatoms. The van der Waals surface area contributed by atoms with Crippen LogP contribution in [0.5, 0.6) is 0 Å². The summed E-state index contributed by atoms with van der Waals surface area (Å²) < 4.78 is 13.9. The summed E-state index contributed by atoms with van der Waals surface area (Å²) in [7, 11) is 0. The van der Waals surface area contributed by atoms with Crippen LogP contribution in [0.3, 0.4) is 0 Å². The van der Waals surface area contributed by atoms with E-state index in [2.05, 4.69) is 21.0 Å². The fraction of sp³-hybridized carbons (Fsp3) is 0.800. The summed E-state index contributed by atoms with van der Waals surface area (Å²) in [6.45, 7) is 4.83. The van der Waals surface area contributed by atoms with Gasteiger partial charge in [-0.15, -0.1) is 0 Å². The maximum atomic E-state index is 5.52. The van der Waals surface area contributed by atoms with Gasteiger partial charge in [0.05, 0.1) is 36.3 Å². The molecule has 2 rings (SSSR count). The number of ether oxygens (including phenoxy) is 1. The minimum absolute atomic E-state index is 0.314. The van der Waals surface area contributed by atoms with Crippen LogP contribution in [0.25, 0.3) is 0 Å². The van der Waals surface area contributed by atoms with Gasteiger partial charge in [0.25, 0.3) is 0 Å². The third kappa shape index (κ3) is 2.74. The van der Waals surface area contributed by atoms with Gasteiger partial charge in [0.15, 0.2) is 0 Å². The zero-order valence-corrected chi connectivity index (χ0v) is 9.80. The van der Waals surface area contributed by atoms with Crippen LogP contribution in [0.2, 0.25) is 0 Å². The minimum Gasteiger partial charge on any atom is -0.381 e. The molecule has 2 unspecified atom stereocenters. The lowest BCUT2D eigenvalue weighted by Gasteiger charge is -2.29. The quantitative estimate of drug-likeness (QED) is 0.849. The van der Waals surface area contributed by atoms with E-state index in [-0.39, 0.29) is 0 Å². The summed E-state index contributed by atoms with van der Waals surface area (Å²) >= 11 is 1.28. The van der Waals surface area contributed by atoms with Crippen LogP contribution >= 0.6 is 11.7 Å². The third-order valence-electron chi connectivity index (χ3n) is 2.79. The number of nitrogens with one attached hydrogen (secondary N) is 1. The van der Waals surface area contributed by atoms with Gasteiger partial charge in [-0.1, -0.05) is 6.92 Å². The molecule has 0 aromatic carbocycles. The van der Waals surface area contributed by atoms with Crippen molar-refractivity contribution in [3.05, 3.63) is 11.9 Å². The molecule has 0 spiro atoms. The molecule has 1 N–H and O–H groups in total. The van der Waals surface area contributed by atoms with E-state index in [9.17, 15) is 0 Å². The summed E-state index contributed by atoms with van der Waals surface area (Å²) in [5.41, 5.74) is 1.07. The van der Waals surface area contributed by atoms with Crippen molar-refractivity contribution in [3.63, 3.8) is 0 Å². The van der Waals surface area contributed by atoms with Crippen molar-refractivity contribution in [2.24, 2.45) is 5.92 Å². The molecule has 0 saturated carbocycles. The van der Waals surface area contributed by atoms with Crippen molar-refractivity contribution in [2.45, 2.75) is 25.8 Å². The number of hydrogen-bond donors (Lipinski definition) is 1. The van der Waals surface area contributed by atoms with E-state index < -0.39 is 0 Å². The Kier molecular flexibility index (Phi) is 4.05. The average molecular weight is 227 g/mol. The highest BCUT2D eigenvalue weighted by Crippen LogP contribution is 2.27. The van der Waals surface area contributed by atoms with Crippen molar-refractivity contribution in [2.75, 3.05) is 19.8 Å². The van der Waals surface area contributed by atoms with Crippen molar-refractivity contribution >= 4 is 11.7 Å². The first kappa shape index (κ1) is 11.0. The molecule has 1 aromatic heterocycles. The Morgan fingerprint density at radius 2 is 2.67 bits per heavy atom. The molecular weight excluding hydrogens is 210 g/mol. The molecule has 0 radical (unpaired) electrons. The SMILES string of the molecule is CCNC(c1cnsn1)C1CCCOC1. The van der Waals surface area contributed by atoms with Gasteiger partial charge in [0.2, 0.25) is 0 Å². The maximum Gasteiger partial charge on any atom is 0.0915 e. The van der Waals surface area contributed by atoms with E-state index >= 15 is 0 Å². The molecule has 1 saturated heterocycles. The Morgan fingerprint density at radius 3 is 3.27 bits per heavy atom. The van der Waals surface area contributed by atoms with Crippen molar-refractivity contribution in [1.29, 1.82) is 0 Å². The summed E-state index contributed by atoms with van der Waals surface area (Å²) in [4.78, 5) is 0. The molecule has 2 heterocycles. The fourth-order valence-corrected chi connectivity index (χ4v) is 2.53. The second kappa shape index (κ2) is 5.53. The molecule has 0 aliphatic carbocycles. The lowest BCUT2D eigenvalue weighted by Crippen LogP contribution is -2.33. The Morgan fingerprint density at radius 1 is 1.73 bits per heavy atom. The molecule has 0 amide bonds. The highest BCUT2D eigenvalue weighted by Gasteiger charge is 2.26. The largest absolute Gasteiger partial charge is 0.381 e. The van der Waals surface area contributed by atoms with Crippen LogP contribution in [0.1, 0.15) is 31.5 Å². The van der Waals surface area contributed by atoms with Gasteiger partial charge in [0, 0.05) is 12.5 Å². The topological polar surface area (TPSA) is 47.0 Å².